The van der Waals surface area contributed by atoms with Crippen LogP contribution in [0.1, 0.15) is 5.76 Å². The Hall–Kier alpha value is -2.08. The molecule has 1 aromatic heterocycles. The summed E-state index contributed by atoms with van der Waals surface area (Å²) in [6, 6.07) is 9.12. The molecule has 2 aromatic rings. The van der Waals surface area contributed by atoms with Gasteiger partial charge in [0.25, 0.3) is 0 Å². The highest BCUT2D eigenvalue weighted by Gasteiger charge is 2.17. The molecule has 0 saturated heterocycles. The normalized spacial score (nSPS) is 11.2. The zero-order valence-corrected chi connectivity index (χ0v) is 11.0. The molecule has 0 fully saturated rings. The maximum absolute atomic E-state index is 12.1. The van der Waals surface area contributed by atoms with Gasteiger partial charge in [-0.3, -0.25) is 4.79 Å². The zero-order valence-electron chi connectivity index (χ0n) is 10.2. The fourth-order valence-corrected chi connectivity index (χ4v) is 2.83. The highest BCUT2D eigenvalue weighted by molar-refractivity contribution is 7.90. The molecular formula is C13H12O5S. The quantitative estimate of drug-likeness (QED) is 0.851. The van der Waals surface area contributed by atoms with Crippen molar-refractivity contribution in [3.8, 4) is 5.75 Å². The first kappa shape index (κ1) is 13.4. The Balaban J connectivity index is 2.31. The number of methoxy groups -OCH3 is 1. The van der Waals surface area contributed by atoms with E-state index in [9.17, 15) is 13.2 Å². The first-order chi connectivity index (χ1) is 9.03. The average molecular weight is 280 g/mol. The maximum Gasteiger partial charge on any atom is 0.227 e. The lowest BCUT2D eigenvalue weighted by Gasteiger charge is -2.04. The second-order valence-corrected chi connectivity index (χ2v) is 5.84. The second-order valence-electron chi connectivity index (χ2n) is 3.85. The van der Waals surface area contributed by atoms with Gasteiger partial charge in [-0.25, -0.2) is 8.42 Å². The van der Waals surface area contributed by atoms with Gasteiger partial charge in [0.15, 0.2) is 9.84 Å². The summed E-state index contributed by atoms with van der Waals surface area (Å²) in [5, 5.41) is 0. The van der Waals surface area contributed by atoms with Crippen LogP contribution in [0.4, 0.5) is 0 Å². The van der Waals surface area contributed by atoms with Gasteiger partial charge in [-0.15, -0.1) is 0 Å². The van der Waals surface area contributed by atoms with Crippen LogP contribution in [-0.4, -0.2) is 15.5 Å². The van der Waals surface area contributed by atoms with E-state index in [1.165, 1.54) is 19.2 Å². The molecule has 0 unspecified atom stereocenters. The summed E-state index contributed by atoms with van der Waals surface area (Å²) in [5.74, 6) is -0.244. The Morgan fingerprint density at radius 2 is 1.89 bits per heavy atom. The monoisotopic (exact) mass is 280 g/mol. The minimum atomic E-state index is -3.52. The molecule has 0 N–H and O–H groups in total. The minimum absolute atomic E-state index is 0.0425. The molecule has 0 amide bonds. The lowest BCUT2D eigenvalue weighted by molar-refractivity contribution is 0.381. The Bertz CT molecular complexity index is 716. The van der Waals surface area contributed by atoms with Gasteiger partial charge in [-0.2, -0.15) is 0 Å². The second kappa shape index (κ2) is 5.27. The molecule has 19 heavy (non-hydrogen) atoms. The van der Waals surface area contributed by atoms with Gasteiger partial charge in [0.05, 0.1) is 12.0 Å². The van der Waals surface area contributed by atoms with Gasteiger partial charge in [0, 0.05) is 6.07 Å². The van der Waals surface area contributed by atoms with Gasteiger partial charge in [-0.05, 0) is 12.1 Å². The smallest absolute Gasteiger partial charge is 0.227 e. The lowest BCUT2D eigenvalue weighted by Crippen LogP contribution is -2.09. The molecule has 1 heterocycles. The first-order valence-corrected chi connectivity index (χ1v) is 7.11. The molecule has 0 radical (unpaired) electrons. The van der Waals surface area contributed by atoms with Crippen molar-refractivity contribution < 1.29 is 17.6 Å². The number of hydrogen-bond acceptors (Lipinski definition) is 5. The van der Waals surface area contributed by atoms with Crippen LogP contribution in [0.15, 0.2) is 56.8 Å². The van der Waals surface area contributed by atoms with Gasteiger partial charge >= 0.3 is 0 Å². The molecule has 0 aliphatic carbocycles. The van der Waals surface area contributed by atoms with E-state index in [1.807, 2.05) is 0 Å². The fourth-order valence-electron chi connectivity index (χ4n) is 1.56. The average Bonchev–Trinajstić information content (AvgIpc) is 2.39. The van der Waals surface area contributed by atoms with E-state index in [0.717, 1.165) is 12.3 Å². The van der Waals surface area contributed by atoms with Crippen LogP contribution in [0.5, 0.6) is 5.75 Å². The predicted molar refractivity (Wildman–Crippen MR) is 68.9 cm³/mol. The van der Waals surface area contributed by atoms with Crippen LogP contribution in [0, 0.1) is 0 Å². The first-order valence-electron chi connectivity index (χ1n) is 5.46. The standard InChI is InChI=1S/C13H12O5S/c1-17-13-8-18-10(7-12(13)14)9-19(15,16)11-5-3-2-4-6-11/h2-8H,9H2,1H3. The number of rotatable bonds is 4. The molecule has 1 aromatic carbocycles. The summed E-state index contributed by atoms with van der Waals surface area (Å²) in [6.45, 7) is 0. The predicted octanol–water partition coefficient (Wildman–Crippen LogP) is 1.62. The fraction of sp³-hybridized carbons (Fsp3) is 0.154. The third kappa shape index (κ3) is 3.03. The third-order valence-corrected chi connectivity index (χ3v) is 4.16. The van der Waals surface area contributed by atoms with E-state index in [1.54, 1.807) is 18.2 Å². The van der Waals surface area contributed by atoms with Gasteiger partial charge in [0.1, 0.15) is 17.8 Å². The van der Waals surface area contributed by atoms with Gasteiger partial charge < -0.3 is 9.15 Å². The Morgan fingerprint density at radius 3 is 2.47 bits per heavy atom. The molecule has 0 spiro atoms. The van der Waals surface area contributed by atoms with Gasteiger partial charge in [0.2, 0.25) is 11.2 Å². The van der Waals surface area contributed by atoms with Crippen molar-refractivity contribution >= 4 is 9.84 Å². The highest BCUT2D eigenvalue weighted by atomic mass is 32.2. The number of sulfone groups is 1. The summed E-state index contributed by atoms with van der Waals surface area (Å²) in [5.41, 5.74) is -0.410. The van der Waals surface area contributed by atoms with E-state index in [-0.39, 0.29) is 22.2 Å². The topological polar surface area (TPSA) is 73.6 Å². The van der Waals surface area contributed by atoms with Crippen molar-refractivity contribution in [1.82, 2.24) is 0 Å². The Kier molecular flexibility index (Phi) is 3.71. The van der Waals surface area contributed by atoms with Gasteiger partial charge in [-0.1, -0.05) is 18.2 Å². The molecule has 0 atom stereocenters. The third-order valence-electron chi connectivity index (χ3n) is 2.51. The van der Waals surface area contributed by atoms with Crippen LogP contribution >= 0.6 is 0 Å². The molecule has 5 nitrogen and oxygen atoms in total. The minimum Gasteiger partial charge on any atom is -0.490 e. The molecule has 0 saturated carbocycles. The number of benzene rings is 1. The van der Waals surface area contributed by atoms with Crippen molar-refractivity contribution in [2.75, 3.05) is 7.11 Å². The van der Waals surface area contributed by atoms with E-state index in [2.05, 4.69) is 0 Å². The van der Waals surface area contributed by atoms with Crippen molar-refractivity contribution in [2.24, 2.45) is 0 Å². The van der Waals surface area contributed by atoms with Crippen molar-refractivity contribution in [1.29, 1.82) is 0 Å². The Morgan fingerprint density at radius 1 is 1.21 bits per heavy atom. The van der Waals surface area contributed by atoms with E-state index in [0.29, 0.717) is 0 Å². The van der Waals surface area contributed by atoms with Crippen molar-refractivity contribution in [3.05, 3.63) is 58.6 Å². The SMILES string of the molecule is COc1coc(CS(=O)(=O)c2ccccc2)cc1=O. The summed E-state index contributed by atoms with van der Waals surface area (Å²) in [4.78, 5) is 11.7. The molecular weight excluding hydrogens is 268 g/mol. The van der Waals surface area contributed by atoms with Crippen LogP contribution in [0.3, 0.4) is 0 Å². The largest absolute Gasteiger partial charge is 0.490 e. The van der Waals surface area contributed by atoms with E-state index < -0.39 is 15.3 Å². The summed E-state index contributed by atoms with van der Waals surface area (Å²) < 4.78 is 34.0. The van der Waals surface area contributed by atoms with Crippen molar-refractivity contribution in [3.63, 3.8) is 0 Å². The molecule has 6 heteroatoms. The molecule has 100 valence electrons. The zero-order chi connectivity index (χ0) is 13.9. The van der Waals surface area contributed by atoms with Crippen LogP contribution in [0.2, 0.25) is 0 Å². The summed E-state index contributed by atoms with van der Waals surface area (Å²) >= 11 is 0. The van der Waals surface area contributed by atoms with Crippen LogP contribution in [0.25, 0.3) is 0 Å². The lowest BCUT2D eigenvalue weighted by atomic mass is 10.4. The van der Waals surface area contributed by atoms with E-state index >= 15 is 0 Å². The molecule has 0 aliphatic rings. The molecule has 2 rings (SSSR count). The van der Waals surface area contributed by atoms with Crippen LogP contribution < -0.4 is 10.2 Å². The number of hydrogen-bond donors (Lipinski definition) is 0. The molecule has 0 aliphatic heterocycles. The maximum atomic E-state index is 12.1. The number of ether oxygens (including phenoxy) is 1. The Labute approximate surface area is 110 Å². The van der Waals surface area contributed by atoms with Crippen LogP contribution in [-0.2, 0) is 15.6 Å². The summed E-state index contributed by atoms with van der Waals surface area (Å²) in [6.07, 6.45) is 1.11. The highest BCUT2D eigenvalue weighted by Crippen LogP contribution is 2.16. The molecule has 0 bridgehead atoms. The van der Waals surface area contributed by atoms with Crippen molar-refractivity contribution in [2.45, 2.75) is 10.6 Å². The summed E-state index contributed by atoms with van der Waals surface area (Å²) in [7, 11) is -2.18. The van der Waals surface area contributed by atoms with E-state index in [4.69, 9.17) is 9.15 Å².